The summed E-state index contributed by atoms with van der Waals surface area (Å²) in [5.74, 6) is 0. The average molecular weight is 197 g/mol. The van der Waals surface area contributed by atoms with Crippen LogP contribution in [-0.2, 0) is 18.2 Å². The summed E-state index contributed by atoms with van der Waals surface area (Å²) in [4.78, 5) is 0. The Labute approximate surface area is 85.0 Å². The van der Waals surface area contributed by atoms with E-state index in [0.717, 1.165) is 17.8 Å². The molecule has 0 aliphatic carbocycles. The molecule has 2 atom stereocenters. The quantitative estimate of drug-likeness (QED) is 0.770. The van der Waals surface area contributed by atoms with Crippen LogP contribution in [0.3, 0.4) is 0 Å². The molecule has 1 aromatic heterocycles. The standard InChI is InChI=1S/C10H19N3O/c1-7-5-9(13(3)12-7)6-10(11)8(2)14-4/h5,8,10H,6,11H2,1-4H3. The predicted octanol–water partition coefficient (Wildman–Crippen LogP) is 0.633. The van der Waals surface area contributed by atoms with Crippen molar-refractivity contribution in [1.29, 1.82) is 0 Å². The second-order valence-corrected chi connectivity index (χ2v) is 3.71. The van der Waals surface area contributed by atoms with Crippen molar-refractivity contribution in [2.45, 2.75) is 32.4 Å². The summed E-state index contributed by atoms with van der Waals surface area (Å²) in [7, 11) is 3.62. The van der Waals surface area contributed by atoms with Gasteiger partial charge in [-0.2, -0.15) is 5.10 Å². The molecule has 1 heterocycles. The largest absolute Gasteiger partial charge is 0.380 e. The van der Waals surface area contributed by atoms with E-state index in [4.69, 9.17) is 10.5 Å². The molecular formula is C10H19N3O. The van der Waals surface area contributed by atoms with Gasteiger partial charge in [0.05, 0.1) is 11.8 Å². The molecule has 0 radical (unpaired) electrons. The summed E-state index contributed by atoms with van der Waals surface area (Å²) in [5, 5.41) is 4.27. The normalized spacial score (nSPS) is 15.5. The van der Waals surface area contributed by atoms with Crippen molar-refractivity contribution in [3.63, 3.8) is 0 Å². The minimum absolute atomic E-state index is 0.0230. The van der Waals surface area contributed by atoms with Gasteiger partial charge in [-0.1, -0.05) is 0 Å². The summed E-state index contributed by atoms with van der Waals surface area (Å²) in [6, 6.07) is 2.08. The summed E-state index contributed by atoms with van der Waals surface area (Å²) in [5.41, 5.74) is 8.15. The molecule has 1 aromatic rings. The number of hydrogen-bond acceptors (Lipinski definition) is 3. The number of aryl methyl sites for hydroxylation is 2. The van der Waals surface area contributed by atoms with E-state index in [2.05, 4.69) is 11.2 Å². The van der Waals surface area contributed by atoms with Gasteiger partial charge in [-0.05, 0) is 19.9 Å². The molecule has 0 spiro atoms. The van der Waals surface area contributed by atoms with Gasteiger partial charge in [0.2, 0.25) is 0 Å². The van der Waals surface area contributed by atoms with Gasteiger partial charge in [0.25, 0.3) is 0 Å². The second-order valence-electron chi connectivity index (χ2n) is 3.71. The fraction of sp³-hybridized carbons (Fsp3) is 0.700. The third-order valence-electron chi connectivity index (χ3n) is 2.52. The maximum atomic E-state index is 5.97. The van der Waals surface area contributed by atoms with Crippen molar-refractivity contribution in [3.8, 4) is 0 Å². The Morgan fingerprint density at radius 2 is 2.29 bits per heavy atom. The fourth-order valence-electron chi connectivity index (χ4n) is 1.44. The zero-order valence-electron chi connectivity index (χ0n) is 9.32. The van der Waals surface area contributed by atoms with E-state index >= 15 is 0 Å². The van der Waals surface area contributed by atoms with E-state index in [1.807, 2.05) is 25.6 Å². The predicted molar refractivity (Wildman–Crippen MR) is 56.1 cm³/mol. The van der Waals surface area contributed by atoms with Crippen LogP contribution in [0, 0.1) is 6.92 Å². The Hall–Kier alpha value is -0.870. The molecule has 0 aliphatic heterocycles. The molecule has 4 nitrogen and oxygen atoms in total. The number of aromatic nitrogens is 2. The maximum Gasteiger partial charge on any atom is 0.0697 e. The number of methoxy groups -OCH3 is 1. The molecule has 0 saturated heterocycles. The lowest BCUT2D eigenvalue weighted by molar-refractivity contribution is 0.0950. The highest BCUT2D eigenvalue weighted by Crippen LogP contribution is 2.07. The SMILES string of the molecule is COC(C)C(N)Cc1cc(C)nn1C. The molecule has 80 valence electrons. The van der Waals surface area contributed by atoms with Crippen LogP contribution in [0.5, 0.6) is 0 Å². The van der Waals surface area contributed by atoms with Crippen molar-refractivity contribution in [2.24, 2.45) is 12.8 Å². The molecule has 0 bridgehead atoms. The van der Waals surface area contributed by atoms with Gasteiger partial charge in [-0.15, -0.1) is 0 Å². The van der Waals surface area contributed by atoms with E-state index in [-0.39, 0.29) is 12.1 Å². The minimum atomic E-state index is 0.0230. The summed E-state index contributed by atoms with van der Waals surface area (Å²) in [6.07, 6.45) is 0.872. The highest BCUT2D eigenvalue weighted by atomic mass is 16.5. The van der Waals surface area contributed by atoms with Crippen molar-refractivity contribution < 1.29 is 4.74 Å². The molecule has 0 amide bonds. The van der Waals surface area contributed by atoms with E-state index in [9.17, 15) is 0 Å². The summed E-state index contributed by atoms with van der Waals surface area (Å²) >= 11 is 0. The molecule has 0 fully saturated rings. The smallest absolute Gasteiger partial charge is 0.0697 e. The first kappa shape index (κ1) is 11.2. The number of rotatable bonds is 4. The molecule has 2 N–H and O–H groups in total. The van der Waals surface area contributed by atoms with E-state index in [1.165, 1.54) is 0 Å². The molecule has 2 unspecified atom stereocenters. The molecule has 0 aromatic carbocycles. The Morgan fingerprint density at radius 1 is 1.64 bits per heavy atom. The van der Waals surface area contributed by atoms with Crippen LogP contribution in [0.15, 0.2) is 6.07 Å². The van der Waals surface area contributed by atoms with Crippen LogP contribution in [0.2, 0.25) is 0 Å². The first-order chi connectivity index (χ1) is 6.54. The van der Waals surface area contributed by atoms with Gasteiger partial charge in [0, 0.05) is 32.3 Å². The highest BCUT2D eigenvalue weighted by Gasteiger charge is 2.14. The van der Waals surface area contributed by atoms with E-state index < -0.39 is 0 Å². The molecule has 0 aliphatic rings. The van der Waals surface area contributed by atoms with Crippen LogP contribution in [-0.4, -0.2) is 29.0 Å². The Bertz CT molecular complexity index is 296. The van der Waals surface area contributed by atoms with Gasteiger partial charge >= 0.3 is 0 Å². The van der Waals surface area contributed by atoms with Crippen LogP contribution in [0.1, 0.15) is 18.3 Å². The van der Waals surface area contributed by atoms with Crippen LogP contribution >= 0.6 is 0 Å². The molecule has 4 heteroatoms. The average Bonchev–Trinajstić information content (AvgIpc) is 2.44. The zero-order valence-corrected chi connectivity index (χ0v) is 9.32. The van der Waals surface area contributed by atoms with Gasteiger partial charge in [0.15, 0.2) is 0 Å². The Kier molecular flexibility index (Phi) is 3.66. The molecule has 1 rings (SSSR count). The lowest BCUT2D eigenvalue weighted by Gasteiger charge is -2.18. The van der Waals surface area contributed by atoms with Crippen molar-refractivity contribution >= 4 is 0 Å². The van der Waals surface area contributed by atoms with Crippen molar-refractivity contribution in [2.75, 3.05) is 7.11 Å². The number of nitrogens with two attached hydrogens (primary N) is 1. The van der Waals surface area contributed by atoms with Crippen molar-refractivity contribution in [1.82, 2.24) is 9.78 Å². The van der Waals surface area contributed by atoms with Crippen LogP contribution < -0.4 is 5.73 Å². The van der Waals surface area contributed by atoms with Gasteiger partial charge in [-0.25, -0.2) is 0 Å². The first-order valence-electron chi connectivity index (χ1n) is 4.82. The van der Waals surface area contributed by atoms with Crippen LogP contribution in [0.25, 0.3) is 0 Å². The highest BCUT2D eigenvalue weighted by molar-refractivity contribution is 5.10. The van der Waals surface area contributed by atoms with E-state index in [1.54, 1.807) is 7.11 Å². The molecule has 14 heavy (non-hydrogen) atoms. The van der Waals surface area contributed by atoms with E-state index in [0.29, 0.717) is 0 Å². The van der Waals surface area contributed by atoms with Crippen LogP contribution in [0.4, 0.5) is 0 Å². The minimum Gasteiger partial charge on any atom is -0.380 e. The van der Waals surface area contributed by atoms with Gasteiger partial charge in [0.1, 0.15) is 0 Å². The number of ether oxygens (including phenoxy) is 1. The number of hydrogen-bond donors (Lipinski definition) is 1. The Morgan fingerprint density at radius 3 is 2.71 bits per heavy atom. The third kappa shape index (κ3) is 2.56. The number of nitrogens with zero attached hydrogens (tertiary/aromatic N) is 2. The maximum absolute atomic E-state index is 5.97. The Balaban J connectivity index is 2.64. The monoisotopic (exact) mass is 197 g/mol. The molecular weight excluding hydrogens is 178 g/mol. The third-order valence-corrected chi connectivity index (χ3v) is 2.52. The first-order valence-corrected chi connectivity index (χ1v) is 4.82. The summed E-state index contributed by atoms with van der Waals surface area (Å²) in [6.45, 7) is 3.96. The molecule has 0 saturated carbocycles. The lowest BCUT2D eigenvalue weighted by Crippen LogP contribution is -2.36. The fourth-order valence-corrected chi connectivity index (χ4v) is 1.44. The lowest BCUT2D eigenvalue weighted by atomic mass is 10.1. The topological polar surface area (TPSA) is 53.1 Å². The van der Waals surface area contributed by atoms with Gasteiger partial charge in [-0.3, -0.25) is 4.68 Å². The summed E-state index contributed by atoms with van der Waals surface area (Å²) < 4.78 is 7.05. The van der Waals surface area contributed by atoms with Gasteiger partial charge < -0.3 is 10.5 Å². The zero-order chi connectivity index (χ0) is 10.7. The second kappa shape index (κ2) is 4.57. The van der Waals surface area contributed by atoms with Crippen molar-refractivity contribution in [3.05, 3.63) is 17.5 Å².